The highest BCUT2D eigenvalue weighted by atomic mass is 32.1. The first-order valence-electron chi connectivity index (χ1n) is 25.3. The predicted molar refractivity (Wildman–Crippen MR) is 302 cm³/mol. The minimum Gasteiger partial charge on any atom is -0.311 e. The van der Waals surface area contributed by atoms with E-state index in [9.17, 15) is 0 Å². The van der Waals surface area contributed by atoms with Crippen LogP contribution in [0.2, 0.25) is 0 Å². The largest absolute Gasteiger partial charge is 0.311 e. The Bertz CT molecular complexity index is 3520. The van der Waals surface area contributed by atoms with Crippen LogP contribution in [0.4, 0.5) is 51.2 Å². The van der Waals surface area contributed by atoms with Crippen LogP contribution in [0.25, 0.3) is 21.2 Å². The highest BCUT2D eigenvalue weighted by molar-refractivity contribution is 7.33. The van der Waals surface area contributed by atoms with Gasteiger partial charge in [-0.3, -0.25) is 0 Å². The lowest BCUT2D eigenvalue weighted by Gasteiger charge is -2.50. The van der Waals surface area contributed by atoms with Crippen LogP contribution in [-0.4, -0.2) is 6.71 Å². The van der Waals surface area contributed by atoms with Gasteiger partial charge in [-0.1, -0.05) is 172 Å². The molecule has 344 valence electrons. The van der Waals surface area contributed by atoms with Gasteiger partial charge in [0.05, 0.1) is 17.1 Å². The Hall–Kier alpha value is -6.82. The summed E-state index contributed by atoms with van der Waals surface area (Å²) in [7, 11) is 0. The lowest BCUT2D eigenvalue weighted by Crippen LogP contribution is -2.61. The number of anilines is 9. The molecule has 0 spiro atoms. The number of benzene rings is 8. The van der Waals surface area contributed by atoms with Gasteiger partial charge in [-0.25, -0.2) is 0 Å². The van der Waals surface area contributed by atoms with Gasteiger partial charge in [-0.2, -0.15) is 0 Å². The van der Waals surface area contributed by atoms with Crippen molar-refractivity contribution in [2.45, 2.75) is 96.8 Å². The first-order valence-corrected chi connectivity index (χ1v) is 26.2. The molecule has 0 bridgehead atoms. The van der Waals surface area contributed by atoms with Gasteiger partial charge in [0.1, 0.15) is 0 Å². The van der Waals surface area contributed by atoms with Gasteiger partial charge in [0.15, 0.2) is 0 Å². The van der Waals surface area contributed by atoms with E-state index in [-0.39, 0.29) is 28.4 Å². The molecule has 9 aromatic rings. The maximum atomic E-state index is 2.67. The Kier molecular flexibility index (Phi) is 9.32. The number of nitrogens with zero attached hydrogens (tertiary/aromatic N) is 3. The lowest BCUT2D eigenvalue weighted by molar-refractivity contribution is 0.332. The van der Waals surface area contributed by atoms with Crippen LogP contribution in [0.5, 0.6) is 0 Å². The van der Waals surface area contributed by atoms with Gasteiger partial charge in [-0.05, 0) is 146 Å². The van der Waals surface area contributed by atoms with Crippen molar-refractivity contribution < 1.29 is 0 Å². The molecule has 3 aliphatic heterocycles. The van der Waals surface area contributed by atoms with Gasteiger partial charge in [0, 0.05) is 54.4 Å². The minimum atomic E-state index is -0.295. The van der Waals surface area contributed by atoms with Crippen LogP contribution in [-0.2, 0) is 21.7 Å². The number of fused-ring (bicyclic) bond motifs is 9. The van der Waals surface area contributed by atoms with Gasteiger partial charge in [-0.15, -0.1) is 11.3 Å². The SMILES string of the molecule is CC(C)(C)c1ccc(N2c3cc(N(c4ccccc4)c4ccccc4)cc4c3B(c3ccc(-c5ccccc5)c5c3N4c3ccccc3C5(C)C)c3sc4cc5c(cc4c32)C(C)(C)CCC5(C)C)cc1. The van der Waals surface area contributed by atoms with E-state index in [1.807, 2.05) is 11.3 Å². The number of para-hydroxylation sites is 3. The van der Waals surface area contributed by atoms with E-state index in [1.54, 1.807) is 0 Å². The molecule has 0 amide bonds. The fraction of sp³-hybridized carbons (Fsp3) is 0.231. The zero-order chi connectivity index (χ0) is 48.1. The van der Waals surface area contributed by atoms with Gasteiger partial charge < -0.3 is 14.7 Å². The molecule has 70 heavy (non-hydrogen) atoms. The van der Waals surface area contributed by atoms with Crippen LogP contribution >= 0.6 is 11.3 Å². The Morgan fingerprint density at radius 3 is 1.73 bits per heavy atom. The van der Waals surface area contributed by atoms with Crippen molar-refractivity contribution in [3.63, 3.8) is 0 Å². The van der Waals surface area contributed by atoms with E-state index in [0.29, 0.717) is 0 Å². The summed E-state index contributed by atoms with van der Waals surface area (Å²) >= 11 is 2.03. The summed E-state index contributed by atoms with van der Waals surface area (Å²) in [6.07, 6.45) is 2.35. The van der Waals surface area contributed by atoms with E-state index in [0.717, 1.165) is 17.1 Å². The molecule has 1 aromatic heterocycles. The van der Waals surface area contributed by atoms with Crippen LogP contribution in [0.1, 0.15) is 103 Å². The first-order chi connectivity index (χ1) is 33.6. The zero-order valence-electron chi connectivity index (χ0n) is 42.0. The maximum Gasteiger partial charge on any atom is 0.264 e. The summed E-state index contributed by atoms with van der Waals surface area (Å²) in [5.41, 5.74) is 23.1. The standard InChI is InChI=1S/C65H60BN3S/c1-62(2,3)42-29-31-45(32-30-42)68-54-37-46(67(43-23-15-11-16-24-43)44-25-17-12-18-26-44)38-55-58(54)66(61-59(68)48-39-50-51(40-56(48)70-61)64(6,7)36-35-63(50,4)5)52-34-33-47(41-21-13-10-14-22-41)57-60(52)69(55)53-28-20-19-27-49(53)65(57,8)9/h10-34,37-40H,35-36H2,1-9H3. The average molecular weight is 926 g/mol. The number of hydrogen-bond donors (Lipinski definition) is 0. The molecule has 1 aliphatic carbocycles. The molecule has 0 atom stereocenters. The fourth-order valence-electron chi connectivity index (χ4n) is 12.8. The Labute approximate surface area is 419 Å². The highest BCUT2D eigenvalue weighted by Crippen LogP contribution is 2.58. The fourth-order valence-corrected chi connectivity index (χ4v) is 14.1. The van der Waals surface area contributed by atoms with E-state index < -0.39 is 0 Å². The minimum absolute atomic E-state index is 0.00705. The highest BCUT2D eigenvalue weighted by Gasteiger charge is 2.51. The molecule has 0 unspecified atom stereocenters. The van der Waals surface area contributed by atoms with Crippen molar-refractivity contribution in [2.75, 3.05) is 14.7 Å². The Morgan fingerprint density at radius 1 is 0.529 bits per heavy atom. The summed E-state index contributed by atoms with van der Waals surface area (Å²) in [6, 6.07) is 67.0. The zero-order valence-corrected chi connectivity index (χ0v) is 42.8. The maximum absolute atomic E-state index is 2.67. The predicted octanol–water partition coefficient (Wildman–Crippen LogP) is 16.4. The van der Waals surface area contributed by atoms with E-state index in [4.69, 9.17) is 0 Å². The van der Waals surface area contributed by atoms with E-state index in [1.165, 1.54) is 112 Å². The summed E-state index contributed by atoms with van der Waals surface area (Å²) in [4.78, 5) is 7.81. The van der Waals surface area contributed by atoms with Crippen molar-refractivity contribution in [3.05, 3.63) is 204 Å². The molecular weight excluding hydrogens is 866 g/mol. The molecule has 13 rings (SSSR count). The number of rotatable bonds is 5. The third-order valence-corrected chi connectivity index (χ3v) is 17.8. The lowest BCUT2D eigenvalue weighted by atomic mass is 9.35. The molecule has 0 fully saturated rings. The van der Waals surface area contributed by atoms with Crippen LogP contribution < -0.4 is 30.4 Å². The third-order valence-electron chi connectivity index (χ3n) is 16.6. The average Bonchev–Trinajstić information content (AvgIpc) is 3.73. The number of hydrogen-bond acceptors (Lipinski definition) is 4. The van der Waals surface area contributed by atoms with Crippen molar-refractivity contribution in [2.24, 2.45) is 0 Å². The van der Waals surface area contributed by atoms with Gasteiger partial charge in [0.25, 0.3) is 6.71 Å². The van der Waals surface area contributed by atoms with E-state index >= 15 is 0 Å². The Balaban J connectivity index is 1.20. The topological polar surface area (TPSA) is 9.72 Å². The quantitative estimate of drug-likeness (QED) is 0.159. The second-order valence-corrected chi connectivity index (χ2v) is 24.3. The molecule has 0 N–H and O–H groups in total. The molecule has 0 radical (unpaired) electrons. The van der Waals surface area contributed by atoms with E-state index in [2.05, 4.69) is 253 Å². The first kappa shape index (κ1) is 43.2. The molecule has 8 aromatic carbocycles. The second kappa shape index (κ2) is 15.1. The smallest absolute Gasteiger partial charge is 0.264 e. The van der Waals surface area contributed by atoms with Gasteiger partial charge >= 0.3 is 0 Å². The normalized spacial score (nSPS) is 16.5. The molecular formula is C65H60BN3S. The number of thiophene rings is 1. The Morgan fingerprint density at radius 2 is 1.10 bits per heavy atom. The van der Waals surface area contributed by atoms with Crippen molar-refractivity contribution in [1.82, 2.24) is 0 Å². The molecule has 5 heteroatoms. The summed E-state index contributed by atoms with van der Waals surface area (Å²) in [5.74, 6) is 0. The van der Waals surface area contributed by atoms with Crippen molar-refractivity contribution in [3.8, 4) is 11.1 Å². The molecule has 3 nitrogen and oxygen atoms in total. The third kappa shape index (κ3) is 6.26. The van der Waals surface area contributed by atoms with Crippen molar-refractivity contribution >= 4 is 95.0 Å². The van der Waals surface area contributed by atoms with Crippen LogP contribution in [0.3, 0.4) is 0 Å². The molecule has 4 heterocycles. The molecule has 4 aliphatic rings. The summed E-state index contributed by atoms with van der Waals surface area (Å²) in [6.45, 7) is 21.7. The monoisotopic (exact) mass is 925 g/mol. The van der Waals surface area contributed by atoms with Crippen LogP contribution in [0, 0.1) is 0 Å². The summed E-state index contributed by atoms with van der Waals surface area (Å²) in [5, 5.41) is 1.35. The molecule has 0 saturated heterocycles. The second-order valence-electron chi connectivity index (χ2n) is 23.2. The molecule has 0 saturated carbocycles. The van der Waals surface area contributed by atoms with Crippen LogP contribution in [0.15, 0.2) is 176 Å². The van der Waals surface area contributed by atoms with Gasteiger partial charge in [0.2, 0.25) is 0 Å². The van der Waals surface area contributed by atoms with Crippen molar-refractivity contribution in [1.29, 1.82) is 0 Å². The summed E-state index contributed by atoms with van der Waals surface area (Å²) < 4.78 is 2.79.